The molecule has 17 heavy (non-hydrogen) atoms. The fourth-order valence-electron chi connectivity index (χ4n) is 0.600. The van der Waals surface area contributed by atoms with Gasteiger partial charge in [-0.05, 0) is 12.8 Å². The number of rotatable bonds is 6. The van der Waals surface area contributed by atoms with Crippen LogP contribution in [0.25, 0.3) is 0 Å². The van der Waals surface area contributed by atoms with E-state index in [0.29, 0.717) is 0 Å². The van der Waals surface area contributed by atoms with Gasteiger partial charge in [0.1, 0.15) is 0 Å². The van der Waals surface area contributed by atoms with E-state index in [4.69, 9.17) is 0 Å². The monoisotopic (exact) mass is 372 g/mol. The number of hydrogen-bond donors (Lipinski definition) is 0. The maximum absolute atomic E-state index is 9.54. The topological polar surface area (TPSA) is 98.7 Å². The number of unbranched alkanes of at least 4 members (excludes halogenated alkanes) is 2. The van der Waals surface area contributed by atoms with Crippen LogP contribution in [0.2, 0.25) is 0 Å². The van der Waals surface area contributed by atoms with Crippen LogP contribution in [-0.4, -0.2) is 74.4 Å². The molecule has 0 unspecified atom stereocenters. The van der Waals surface area contributed by atoms with Crippen LogP contribution >= 0.6 is 0 Å². The molecule has 0 aliphatic rings. The Morgan fingerprint density at radius 1 is 0.882 bits per heavy atom. The normalized spacial score (nSPS) is 8.12. The molecule has 6 nitrogen and oxygen atoms in total. The molecule has 0 aliphatic carbocycles. The zero-order valence-corrected chi connectivity index (χ0v) is 14.8. The molecule has 0 bridgehead atoms. The molecule has 0 aliphatic heterocycles. The van der Waals surface area contributed by atoms with Crippen LogP contribution in [0.5, 0.6) is 0 Å². The first kappa shape index (κ1) is 22.3. The van der Waals surface area contributed by atoms with Crippen molar-refractivity contribution in [1.82, 2.24) is 0 Å². The number of hydrogen-bond acceptors (Lipinski definition) is 6. The molecule has 96 valence electrons. The predicted molar refractivity (Wildman–Crippen MR) is 58.3 cm³/mol. The third kappa shape index (κ3) is 31.4. The fraction of sp³-hybridized carbons (Fsp3) is 0.800. The molecule has 0 heterocycles. The number of carboxylic acid groups (broad SMARTS) is 2. The van der Waals surface area contributed by atoms with Crippen molar-refractivity contribution >= 4 is 61.2 Å². The maximum Gasteiger partial charge on any atom is 2.00 e. The molecule has 0 radical (unpaired) electrons. The second kappa shape index (κ2) is 18.5. The van der Waals surface area contributed by atoms with E-state index >= 15 is 0 Å². The summed E-state index contributed by atoms with van der Waals surface area (Å²) in [5, 5.41) is 19.1. The smallest absolute Gasteiger partial charge is 0.550 e. The molecule has 0 aromatic rings. The summed E-state index contributed by atoms with van der Waals surface area (Å²) in [6.07, 6.45) is 0.555. The molecule has 0 rings (SSSR count). The number of carbonyl (C=O) groups is 2. The van der Waals surface area contributed by atoms with Crippen molar-refractivity contribution in [3.8, 4) is 0 Å². The van der Waals surface area contributed by atoms with Crippen molar-refractivity contribution in [1.29, 1.82) is 0 Å². The van der Waals surface area contributed by atoms with Gasteiger partial charge >= 0.3 is 48.9 Å². The number of ether oxygens (including phenoxy) is 2. The molecule has 0 N–H and O–H groups in total. The van der Waals surface area contributed by atoms with E-state index in [2.05, 4.69) is 9.47 Å². The molecule has 7 heteroatoms. The minimum atomic E-state index is -1.43. The van der Waals surface area contributed by atoms with Crippen molar-refractivity contribution in [2.45, 2.75) is 39.5 Å². The van der Waals surface area contributed by atoms with Gasteiger partial charge in [-0.15, -0.1) is 0 Å². The van der Waals surface area contributed by atoms with Crippen LogP contribution in [-0.2, 0) is 9.47 Å². The standard InChI is InChI=1S/2C5H10O3.Ba/c2*1-2-3-4-8-5(6)7;/h2*2-4H2,1H3,(H,6,7);/q;;+2/p-2. The molecular formula is C10H18BaO6. The minimum absolute atomic E-state index is 0. The average Bonchev–Trinajstić information content (AvgIpc) is 2.18. The van der Waals surface area contributed by atoms with Crippen LogP contribution < -0.4 is 10.2 Å². The second-order valence-corrected chi connectivity index (χ2v) is 2.90. The Morgan fingerprint density at radius 3 is 1.35 bits per heavy atom. The molecular weight excluding hydrogens is 353 g/mol. The van der Waals surface area contributed by atoms with Crippen molar-refractivity contribution in [2.24, 2.45) is 0 Å². The SMILES string of the molecule is CCCCOC(=O)[O-].CCCCOC(=O)[O-].[Ba+2]. The van der Waals surface area contributed by atoms with Crippen molar-refractivity contribution in [3.05, 3.63) is 0 Å². The first-order chi connectivity index (χ1) is 7.54. The zero-order valence-electron chi connectivity index (χ0n) is 10.4. The largest absolute Gasteiger partial charge is 2.00 e. The first-order valence-electron chi connectivity index (χ1n) is 5.22. The van der Waals surface area contributed by atoms with Gasteiger partial charge in [0, 0.05) is 13.2 Å². The summed E-state index contributed by atoms with van der Waals surface area (Å²) < 4.78 is 8.18. The van der Waals surface area contributed by atoms with Gasteiger partial charge in [0.05, 0.1) is 0 Å². The summed E-state index contributed by atoms with van der Waals surface area (Å²) in [7, 11) is 0. The molecule has 0 saturated carbocycles. The summed E-state index contributed by atoms with van der Waals surface area (Å²) >= 11 is 0. The second-order valence-electron chi connectivity index (χ2n) is 2.90. The Kier molecular flexibility index (Phi) is 24.2. The Bertz CT molecular complexity index is 166. The van der Waals surface area contributed by atoms with Crippen LogP contribution in [0.4, 0.5) is 9.59 Å². The van der Waals surface area contributed by atoms with Gasteiger partial charge in [0.15, 0.2) is 0 Å². The summed E-state index contributed by atoms with van der Waals surface area (Å²) in [6, 6.07) is 0. The van der Waals surface area contributed by atoms with Gasteiger partial charge in [-0.2, -0.15) is 0 Å². The van der Waals surface area contributed by atoms with Crippen molar-refractivity contribution in [2.75, 3.05) is 13.2 Å². The summed E-state index contributed by atoms with van der Waals surface area (Å²) in [6.45, 7) is 4.44. The van der Waals surface area contributed by atoms with Crippen LogP contribution in [0.3, 0.4) is 0 Å². The van der Waals surface area contributed by atoms with Gasteiger partial charge in [-0.25, -0.2) is 0 Å². The summed E-state index contributed by atoms with van der Waals surface area (Å²) in [5.41, 5.74) is 0. The minimum Gasteiger partial charge on any atom is -0.550 e. The van der Waals surface area contributed by atoms with E-state index in [0.717, 1.165) is 25.7 Å². The first-order valence-corrected chi connectivity index (χ1v) is 5.22. The van der Waals surface area contributed by atoms with E-state index < -0.39 is 12.3 Å². The van der Waals surface area contributed by atoms with E-state index in [1.807, 2.05) is 13.8 Å². The Morgan fingerprint density at radius 2 is 1.18 bits per heavy atom. The van der Waals surface area contributed by atoms with Crippen molar-refractivity contribution in [3.63, 3.8) is 0 Å². The summed E-state index contributed by atoms with van der Waals surface area (Å²) in [5.74, 6) is 0. The maximum atomic E-state index is 9.54. The Hall–Kier alpha value is 0.111. The molecule has 0 amide bonds. The fourth-order valence-corrected chi connectivity index (χ4v) is 0.600. The van der Waals surface area contributed by atoms with Gasteiger partial charge in [-0.1, -0.05) is 26.7 Å². The van der Waals surface area contributed by atoms with Crippen LogP contribution in [0, 0.1) is 0 Å². The van der Waals surface area contributed by atoms with Crippen LogP contribution in [0.15, 0.2) is 0 Å². The van der Waals surface area contributed by atoms with Crippen molar-refractivity contribution < 1.29 is 29.3 Å². The predicted octanol–water partition coefficient (Wildman–Crippen LogP) is -0.0880. The van der Waals surface area contributed by atoms with Gasteiger partial charge in [0.25, 0.3) is 12.3 Å². The Labute approximate surface area is 142 Å². The van der Waals surface area contributed by atoms with E-state index in [1.165, 1.54) is 0 Å². The zero-order chi connectivity index (χ0) is 12.8. The van der Waals surface area contributed by atoms with Gasteiger partial charge in [-0.3, -0.25) is 0 Å². The molecule has 0 saturated heterocycles. The van der Waals surface area contributed by atoms with E-state index in [1.54, 1.807) is 0 Å². The molecule has 0 atom stereocenters. The molecule has 0 aromatic carbocycles. The Balaban J connectivity index is -0.000000218. The quantitative estimate of drug-likeness (QED) is 0.368. The molecule has 0 spiro atoms. The third-order valence-electron chi connectivity index (χ3n) is 1.44. The summed E-state index contributed by atoms with van der Waals surface area (Å²) in [4.78, 5) is 19.1. The van der Waals surface area contributed by atoms with Crippen LogP contribution in [0.1, 0.15) is 39.5 Å². The average molecular weight is 372 g/mol. The van der Waals surface area contributed by atoms with Gasteiger partial charge in [0.2, 0.25) is 0 Å². The molecule has 0 fully saturated rings. The van der Waals surface area contributed by atoms with E-state index in [9.17, 15) is 19.8 Å². The van der Waals surface area contributed by atoms with E-state index in [-0.39, 0.29) is 62.1 Å². The molecule has 0 aromatic heterocycles. The third-order valence-corrected chi connectivity index (χ3v) is 1.44. The van der Waals surface area contributed by atoms with Gasteiger partial charge < -0.3 is 29.3 Å². The number of carbonyl (C=O) groups excluding carboxylic acids is 2.